The van der Waals surface area contributed by atoms with Gasteiger partial charge in [0.1, 0.15) is 0 Å². The standard InChI is InChI=1S/C21H19ClN2O3S/c1-24(15-16-6-3-2-4-7-16)28(26,27)20-12-10-17(11-13-20)21(25)23-19-9-5-8-18(22)14-19/h2-14H,15H2,1H3,(H,23,25). The van der Waals surface area contributed by atoms with Crippen LogP contribution in [-0.4, -0.2) is 25.7 Å². The number of sulfonamides is 1. The number of carbonyl (C=O) groups excluding carboxylic acids is 1. The Labute approximate surface area is 169 Å². The van der Waals surface area contributed by atoms with Gasteiger partial charge in [0.2, 0.25) is 10.0 Å². The zero-order chi connectivity index (χ0) is 20.1. The van der Waals surface area contributed by atoms with Crippen LogP contribution in [0.3, 0.4) is 0 Å². The molecule has 0 aromatic heterocycles. The molecule has 0 heterocycles. The van der Waals surface area contributed by atoms with Gasteiger partial charge < -0.3 is 5.32 Å². The van der Waals surface area contributed by atoms with Crippen molar-refractivity contribution in [2.24, 2.45) is 0 Å². The number of benzene rings is 3. The summed E-state index contributed by atoms with van der Waals surface area (Å²) in [7, 11) is -2.13. The van der Waals surface area contributed by atoms with Gasteiger partial charge >= 0.3 is 0 Å². The molecule has 0 saturated carbocycles. The SMILES string of the molecule is CN(Cc1ccccc1)S(=O)(=O)c1ccc(C(=O)Nc2cccc(Cl)c2)cc1. The molecule has 0 bridgehead atoms. The number of hydrogen-bond acceptors (Lipinski definition) is 3. The number of rotatable bonds is 6. The van der Waals surface area contributed by atoms with Crippen LogP contribution >= 0.6 is 11.6 Å². The highest BCUT2D eigenvalue weighted by molar-refractivity contribution is 7.89. The minimum Gasteiger partial charge on any atom is -0.322 e. The first-order chi connectivity index (χ1) is 13.4. The van der Waals surface area contributed by atoms with Gasteiger partial charge in [-0.2, -0.15) is 4.31 Å². The lowest BCUT2D eigenvalue weighted by molar-refractivity contribution is 0.102. The fraction of sp³-hybridized carbons (Fsp3) is 0.0952. The molecule has 0 spiro atoms. The van der Waals surface area contributed by atoms with Crippen molar-refractivity contribution in [2.45, 2.75) is 11.4 Å². The number of carbonyl (C=O) groups is 1. The highest BCUT2D eigenvalue weighted by Crippen LogP contribution is 2.19. The lowest BCUT2D eigenvalue weighted by atomic mass is 10.2. The first-order valence-electron chi connectivity index (χ1n) is 8.53. The number of hydrogen-bond donors (Lipinski definition) is 1. The Morgan fingerprint density at radius 2 is 1.64 bits per heavy atom. The van der Waals surface area contributed by atoms with Crippen molar-refractivity contribution in [3.05, 3.63) is 95.0 Å². The van der Waals surface area contributed by atoms with Crippen molar-refractivity contribution >= 4 is 33.2 Å². The molecule has 0 atom stereocenters. The Hall–Kier alpha value is -2.67. The van der Waals surface area contributed by atoms with Crippen LogP contribution in [0, 0.1) is 0 Å². The second-order valence-electron chi connectivity index (χ2n) is 6.24. The molecule has 5 nitrogen and oxygen atoms in total. The third-order valence-electron chi connectivity index (χ3n) is 4.16. The van der Waals surface area contributed by atoms with Crippen molar-refractivity contribution < 1.29 is 13.2 Å². The monoisotopic (exact) mass is 414 g/mol. The number of amides is 1. The second-order valence-corrected chi connectivity index (χ2v) is 8.72. The fourth-order valence-electron chi connectivity index (χ4n) is 2.65. The minimum atomic E-state index is -3.66. The van der Waals surface area contributed by atoms with Gasteiger partial charge in [-0.3, -0.25) is 4.79 Å². The summed E-state index contributed by atoms with van der Waals surface area (Å²) in [5, 5.41) is 3.24. The van der Waals surface area contributed by atoms with Gasteiger partial charge in [-0.15, -0.1) is 0 Å². The van der Waals surface area contributed by atoms with Crippen molar-refractivity contribution in [3.63, 3.8) is 0 Å². The van der Waals surface area contributed by atoms with E-state index in [9.17, 15) is 13.2 Å². The summed E-state index contributed by atoms with van der Waals surface area (Å²) in [6.45, 7) is 0.264. The van der Waals surface area contributed by atoms with E-state index in [-0.39, 0.29) is 17.3 Å². The van der Waals surface area contributed by atoms with E-state index in [0.29, 0.717) is 16.3 Å². The third kappa shape index (κ3) is 4.78. The quantitative estimate of drug-likeness (QED) is 0.649. The molecular formula is C21H19ClN2O3S. The average molecular weight is 415 g/mol. The third-order valence-corrected chi connectivity index (χ3v) is 6.21. The van der Waals surface area contributed by atoms with Crippen molar-refractivity contribution in [1.82, 2.24) is 4.31 Å². The molecule has 3 aromatic rings. The molecule has 1 amide bonds. The highest BCUT2D eigenvalue weighted by Gasteiger charge is 2.21. The molecule has 0 aliphatic heterocycles. The van der Waals surface area contributed by atoms with E-state index in [1.807, 2.05) is 30.3 Å². The summed E-state index contributed by atoms with van der Waals surface area (Å²) in [5.74, 6) is -0.344. The largest absolute Gasteiger partial charge is 0.322 e. The Bertz CT molecular complexity index is 1070. The summed E-state index contributed by atoms with van der Waals surface area (Å²) >= 11 is 5.91. The molecule has 3 rings (SSSR count). The topological polar surface area (TPSA) is 66.5 Å². The van der Waals surface area contributed by atoms with Crippen LogP contribution in [0.2, 0.25) is 5.02 Å². The van der Waals surface area contributed by atoms with E-state index in [1.165, 1.54) is 35.6 Å². The summed E-state index contributed by atoms with van der Waals surface area (Å²) in [4.78, 5) is 12.5. The van der Waals surface area contributed by atoms with Gasteiger partial charge in [-0.1, -0.05) is 48.0 Å². The molecule has 144 valence electrons. The molecule has 3 aromatic carbocycles. The van der Waals surface area contributed by atoms with E-state index < -0.39 is 10.0 Å². The zero-order valence-corrected chi connectivity index (χ0v) is 16.7. The molecule has 1 N–H and O–H groups in total. The Morgan fingerprint density at radius 1 is 0.964 bits per heavy atom. The van der Waals surface area contributed by atoms with E-state index >= 15 is 0 Å². The lowest BCUT2D eigenvalue weighted by Crippen LogP contribution is -2.26. The summed E-state index contributed by atoms with van der Waals surface area (Å²) < 4.78 is 26.8. The maximum absolute atomic E-state index is 12.8. The van der Waals surface area contributed by atoms with Crippen molar-refractivity contribution in [1.29, 1.82) is 0 Å². The van der Waals surface area contributed by atoms with E-state index in [4.69, 9.17) is 11.6 Å². The van der Waals surface area contributed by atoms with Gasteiger partial charge in [-0.25, -0.2) is 8.42 Å². The maximum atomic E-state index is 12.8. The molecule has 0 aliphatic carbocycles. The molecule has 28 heavy (non-hydrogen) atoms. The van der Waals surface area contributed by atoms with Crippen LogP contribution in [0.5, 0.6) is 0 Å². The molecule has 0 radical (unpaired) electrons. The van der Waals surface area contributed by atoms with Gasteiger partial charge in [0.25, 0.3) is 5.91 Å². The molecule has 0 unspecified atom stereocenters. The first kappa shape index (κ1) is 20.1. The number of nitrogens with zero attached hydrogens (tertiary/aromatic N) is 1. The second kappa shape index (κ2) is 8.56. The Balaban J connectivity index is 1.72. The maximum Gasteiger partial charge on any atom is 0.255 e. The van der Waals surface area contributed by atoms with Crippen LogP contribution in [0.4, 0.5) is 5.69 Å². The van der Waals surface area contributed by atoms with Gasteiger partial charge in [0.05, 0.1) is 4.90 Å². The highest BCUT2D eigenvalue weighted by atomic mass is 35.5. The van der Waals surface area contributed by atoms with Crippen LogP contribution in [0.15, 0.2) is 83.8 Å². The van der Waals surface area contributed by atoms with Gasteiger partial charge in [0.15, 0.2) is 0 Å². The van der Waals surface area contributed by atoms with Crippen LogP contribution in [0.25, 0.3) is 0 Å². The zero-order valence-electron chi connectivity index (χ0n) is 15.2. The number of anilines is 1. The fourth-order valence-corrected chi connectivity index (χ4v) is 4.00. The van der Waals surface area contributed by atoms with Crippen molar-refractivity contribution in [2.75, 3.05) is 12.4 Å². The molecule has 0 aliphatic rings. The smallest absolute Gasteiger partial charge is 0.255 e. The minimum absolute atomic E-state index is 0.130. The average Bonchev–Trinajstić information content (AvgIpc) is 2.69. The molecule has 7 heteroatoms. The normalized spacial score (nSPS) is 11.4. The van der Waals surface area contributed by atoms with E-state index in [0.717, 1.165) is 5.56 Å². The summed E-state index contributed by atoms with van der Waals surface area (Å²) in [6, 6.07) is 22.0. The summed E-state index contributed by atoms with van der Waals surface area (Å²) in [6.07, 6.45) is 0. The van der Waals surface area contributed by atoms with E-state index in [1.54, 1.807) is 24.3 Å². The Kier molecular flexibility index (Phi) is 6.14. The predicted octanol–water partition coefficient (Wildman–Crippen LogP) is 4.41. The summed E-state index contributed by atoms with van der Waals surface area (Å²) in [5.41, 5.74) is 1.81. The van der Waals surface area contributed by atoms with Crippen molar-refractivity contribution in [3.8, 4) is 0 Å². The predicted molar refractivity (Wildman–Crippen MR) is 111 cm³/mol. The van der Waals surface area contributed by atoms with Crippen LogP contribution in [0.1, 0.15) is 15.9 Å². The number of nitrogens with one attached hydrogen (secondary N) is 1. The first-order valence-corrected chi connectivity index (χ1v) is 10.4. The molecule has 0 fully saturated rings. The lowest BCUT2D eigenvalue weighted by Gasteiger charge is -2.17. The van der Waals surface area contributed by atoms with E-state index in [2.05, 4.69) is 5.32 Å². The van der Waals surface area contributed by atoms with Gasteiger partial charge in [0, 0.05) is 29.9 Å². The number of halogens is 1. The molecule has 0 saturated heterocycles. The molecular weight excluding hydrogens is 396 g/mol. The Morgan fingerprint density at radius 3 is 2.29 bits per heavy atom. The van der Waals surface area contributed by atoms with Gasteiger partial charge in [-0.05, 0) is 48.0 Å². The van der Waals surface area contributed by atoms with Crippen LogP contribution < -0.4 is 5.32 Å². The van der Waals surface area contributed by atoms with Crippen LogP contribution in [-0.2, 0) is 16.6 Å².